The summed E-state index contributed by atoms with van der Waals surface area (Å²) in [6, 6.07) is 8.30. The van der Waals surface area contributed by atoms with E-state index in [9.17, 15) is 4.79 Å². The Labute approximate surface area is 96.6 Å². The number of ketones is 1. The molecule has 2 rings (SSSR count). The van der Waals surface area contributed by atoms with Crippen molar-refractivity contribution in [2.75, 3.05) is 6.61 Å². The molecule has 1 aromatic carbocycles. The van der Waals surface area contributed by atoms with E-state index in [1.807, 2.05) is 13.0 Å². The average molecular weight is 218 g/mol. The van der Waals surface area contributed by atoms with Gasteiger partial charge in [0.2, 0.25) is 0 Å². The number of carbonyl (C=O) groups excluding carboxylic acids is 1. The van der Waals surface area contributed by atoms with E-state index in [-0.39, 0.29) is 17.8 Å². The van der Waals surface area contributed by atoms with Crippen LogP contribution < -0.4 is 0 Å². The zero-order chi connectivity index (χ0) is 11.5. The molecule has 0 saturated carbocycles. The summed E-state index contributed by atoms with van der Waals surface area (Å²) in [7, 11) is 0. The molecule has 2 unspecified atom stereocenters. The van der Waals surface area contributed by atoms with Gasteiger partial charge in [0.25, 0.3) is 0 Å². The summed E-state index contributed by atoms with van der Waals surface area (Å²) in [6.45, 7) is 4.44. The number of benzene rings is 1. The van der Waals surface area contributed by atoms with Crippen LogP contribution in [-0.4, -0.2) is 12.4 Å². The summed E-state index contributed by atoms with van der Waals surface area (Å²) in [5, 5.41) is 0. The van der Waals surface area contributed by atoms with E-state index in [0.717, 1.165) is 19.4 Å². The summed E-state index contributed by atoms with van der Waals surface area (Å²) < 4.78 is 5.80. The van der Waals surface area contributed by atoms with Gasteiger partial charge in [-0.05, 0) is 30.9 Å². The molecule has 1 aliphatic heterocycles. The Hall–Kier alpha value is -1.15. The van der Waals surface area contributed by atoms with Crippen LogP contribution in [0.15, 0.2) is 24.3 Å². The highest BCUT2D eigenvalue weighted by atomic mass is 16.5. The lowest BCUT2D eigenvalue weighted by Gasteiger charge is -2.30. The van der Waals surface area contributed by atoms with Crippen LogP contribution in [0.1, 0.15) is 37.5 Å². The van der Waals surface area contributed by atoms with Crippen LogP contribution in [0.25, 0.3) is 0 Å². The number of hydrogen-bond acceptors (Lipinski definition) is 2. The van der Waals surface area contributed by atoms with Gasteiger partial charge in [-0.2, -0.15) is 0 Å². The lowest BCUT2D eigenvalue weighted by Crippen LogP contribution is -2.27. The standard InChI is InChI=1S/C14H18O2/c1-3-12(10(2)15)14-13-7-5-4-6-11(13)8-9-16-14/h4-7,12,14H,3,8-9H2,1-2H3. The van der Waals surface area contributed by atoms with Crippen molar-refractivity contribution in [2.24, 2.45) is 5.92 Å². The van der Waals surface area contributed by atoms with E-state index in [4.69, 9.17) is 4.74 Å². The average Bonchev–Trinajstić information content (AvgIpc) is 2.30. The summed E-state index contributed by atoms with van der Waals surface area (Å²) in [5.74, 6) is 0.227. The van der Waals surface area contributed by atoms with E-state index in [1.165, 1.54) is 11.1 Å². The first-order valence-electron chi connectivity index (χ1n) is 5.94. The van der Waals surface area contributed by atoms with Crippen LogP contribution in [0, 0.1) is 5.92 Å². The molecular weight excluding hydrogens is 200 g/mol. The summed E-state index contributed by atoms with van der Waals surface area (Å²) >= 11 is 0. The summed E-state index contributed by atoms with van der Waals surface area (Å²) in [4.78, 5) is 11.6. The van der Waals surface area contributed by atoms with Gasteiger partial charge in [0.15, 0.2) is 0 Å². The minimum Gasteiger partial charge on any atom is -0.372 e. The van der Waals surface area contributed by atoms with Gasteiger partial charge in [-0.25, -0.2) is 0 Å². The molecule has 0 bridgehead atoms. The van der Waals surface area contributed by atoms with Gasteiger partial charge in [-0.3, -0.25) is 4.79 Å². The third-order valence-electron chi connectivity index (χ3n) is 3.36. The number of ether oxygens (including phenoxy) is 1. The fourth-order valence-electron chi connectivity index (χ4n) is 2.47. The molecule has 1 heterocycles. The molecule has 0 N–H and O–H groups in total. The second kappa shape index (κ2) is 4.79. The minimum absolute atomic E-state index is 0.00134. The SMILES string of the molecule is CCC(C(C)=O)C1OCCc2ccccc21. The molecule has 2 atom stereocenters. The Morgan fingerprint density at radius 2 is 2.25 bits per heavy atom. The van der Waals surface area contributed by atoms with Crippen molar-refractivity contribution in [1.82, 2.24) is 0 Å². The fraction of sp³-hybridized carbons (Fsp3) is 0.500. The monoisotopic (exact) mass is 218 g/mol. The van der Waals surface area contributed by atoms with Crippen LogP contribution in [0.2, 0.25) is 0 Å². The zero-order valence-electron chi connectivity index (χ0n) is 9.90. The molecule has 1 aromatic rings. The summed E-state index contributed by atoms with van der Waals surface area (Å²) in [6.07, 6.45) is 1.77. The third-order valence-corrected chi connectivity index (χ3v) is 3.36. The molecule has 86 valence electrons. The van der Waals surface area contributed by atoms with E-state index < -0.39 is 0 Å². The Bertz CT molecular complexity index is 384. The zero-order valence-corrected chi connectivity index (χ0v) is 9.90. The largest absolute Gasteiger partial charge is 0.372 e. The van der Waals surface area contributed by atoms with Crippen LogP contribution in [0.3, 0.4) is 0 Å². The normalized spacial score (nSPS) is 21.2. The topological polar surface area (TPSA) is 26.3 Å². The maximum atomic E-state index is 11.6. The number of fused-ring (bicyclic) bond motifs is 1. The lowest BCUT2D eigenvalue weighted by atomic mass is 9.86. The van der Waals surface area contributed by atoms with Gasteiger partial charge in [0.1, 0.15) is 5.78 Å². The van der Waals surface area contributed by atoms with Gasteiger partial charge in [-0.1, -0.05) is 31.2 Å². The summed E-state index contributed by atoms with van der Waals surface area (Å²) in [5.41, 5.74) is 2.54. The Morgan fingerprint density at radius 1 is 1.50 bits per heavy atom. The number of Topliss-reactive ketones (excluding diaryl/α,β-unsaturated/α-hetero) is 1. The van der Waals surface area contributed by atoms with Crippen molar-refractivity contribution in [2.45, 2.75) is 32.8 Å². The van der Waals surface area contributed by atoms with E-state index in [0.29, 0.717) is 0 Å². The Morgan fingerprint density at radius 3 is 2.94 bits per heavy atom. The molecule has 0 radical (unpaired) electrons. The molecule has 0 fully saturated rings. The predicted octanol–water partition coefficient (Wildman–Crippen LogP) is 2.92. The van der Waals surface area contributed by atoms with Crippen molar-refractivity contribution in [3.63, 3.8) is 0 Å². The van der Waals surface area contributed by atoms with Crippen molar-refractivity contribution >= 4 is 5.78 Å². The molecule has 2 heteroatoms. The molecule has 0 amide bonds. The molecular formula is C14H18O2. The lowest BCUT2D eigenvalue weighted by molar-refractivity contribution is -0.127. The molecule has 0 aliphatic carbocycles. The van der Waals surface area contributed by atoms with E-state index >= 15 is 0 Å². The maximum Gasteiger partial charge on any atom is 0.135 e. The molecule has 0 spiro atoms. The number of carbonyl (C=O) groups is 1. The minimum atomic E-state index is -0.0348. The van der Waals surface area contributed by atoms with Crippen LogP contribution in [0.4, 0.5) is 0 Å². The third kappa shape index (κ3) is 2.03. The van der Waals surface area contributed by atoms with Crippen LogP contribution >= 0.6 is 0 Å². The molecule has 16 heavy (non-hydrogen) atoms. The first-order valence-corrected chi connectivity index (χ1v) is 5.94. The molecule has 1 aliphatic rings. The van der Waals surface area contributed by atoms with Crippen molar-refractivity contribution < 1.29 is 9.53 Å². The highest BCUT2D eigenvalue weighted by Crippen LogP contribution is 2.34. The van der Waals surface area contributed by atoms with Crippen molar-refractivity contribution in [1.29, 1.82) is 0 Å². The van der Waals surface area contributed by atoms with Crippen molar-refractivity contribution in [3.8, 4) is 0 Å². The molecule has 0 aromatic heterocycles. The Balaban J connectivity index is 2.34. The first kappa shape index (κ1) is 11.3. The quantitative estimate of drug-likeness (QED) is 0.779. The second-order valence-electron chi connectivity index (χ2n) is 4.37. The molecule has 2 nitrogen and oxygen atoms in total. The predicted molar refractivity (Wildman–Crippen MR) is 63.3 cm³/mol. The number of rotatable bonds is 3. The van der Waals surface area contributed by atoms with Crippen LogP contribution in [0.5, 0.6) is 0 Å². The van der Waals surface area contributed by atoms with Gasteiger partial charge in [0.05, 0.1) is 12.7 Å². The van der Waals surface area contributed by atoms with E-state index in [2.05, 4.69) is 18.2 Å². The number of hydrogen-bond donors (Lipinski definition) is 0. The van der Waals surface area contributed by atoms with Gasteiger partial charge in [-0.15, -0.1) is 0 Å². The van der Waals surface area contributed by atoms with Crippen LogP contribution in [-0.2, 0) is 16.0 Å². The van der Waals surface area contributed by atoms with Gasteiger partial charge < -0.3 is 4.74 Å². The second-order valence-corrected chi connectivity index (χ2v) is 4.37. The fourth-order valence-corrected chi connectivity index (χ4v) is 2.47. The van der Waals surface area contributed by atoms with Crippen molar-refractivity contribution in [3.05, 3.63) is 35.4 Å². The molecule has 0 saturated heterocycles. The first-order chi connectivity index (χ1) is 7.74. The Kier molecular flexibility index (Phi) is 3.39. The maximum absolute atomic E-state index is 11.6. The highest BCUT2D eigenvalue weighted by molar-refractivity contribution is 5.79. The van der Waals surface area contributed by atoms with Gasteiger partial charge in [0, 0.05) is 5.92 Å². The highest BCUT2D eigenvalue weighted by Gasteiger charge is 2.30. The van der Waals surface area contributed by atoms with E-state index in [1.54, 1.807) is 6.92 Å². The van der Waals surface area contributed by atoms with Gasteiger partial charge >= 0.3 is 0 Å². The smallest absolute Gasteiger partial charge is 0.135 e.